The van der Waals surface area contributed by atoms with E-state index in [-0.39, 0.29) is 15.6 Å². The van der Waals surface area contributed by atoms with Crippen LogP contribution in [0, 0.1) is 5.82 Å². The van der Waals surface area contributed by atoms with Crippen molar-refractivity contribution in [1.29, 1.82) is 0 Å². The fourth-order valence-electron chi connectivity index (χ4n) is 2.18. The molecule has 0 unspecified atom stereocenters. The van der Waals surface area contributed by atoms with E-state index in [1.54, 1.807) is 18.2 Å². The summed E-state index contributed by atoms with van der Waals surface area (Å²) in [6.45, 7) is 0. The summed E-state index contributed by atoms with van der Waals surface area (Å²) in [5.74, 6) is -0.851. The molecule has 8 heteroatoms. The van der Waals surface area contributed by atoms with Gasteiger partial charge in [0.05, 0.1) is 14.5 Å². The monoisotopic (exact) mass is 383 g/mol. The Kier molecular flexibility index (Phi) is 4.33. The largest absolute Gasteiger partial charge is 0.321 e. The number of thiophene rings is 1. The van der Waals surface area contributed by atoms with Crippen LogP contribution in [-0.2, 0) is 9.84 Å². The van der Waals surface area contributed by atoms with E-state index in [4.69, 9.17) is 11.6 Å². The van der Waals surface area contributed by atoms with Gasteiger partial charge in [-0.3, -0.25) is 4.79 Å². The molecule has 124 valence electrons. The van der Waals surface area contributed by atoms with E-state index >= 15 is 0 Å². The Labute approximate surface area is 146 Å². The number of anilines is 1. The Morgan fingerprint density at radius 2 is 1.96 bits per heavy atom. The normalized spacial score (nSPS) is 11.6. The molecule has 0 atom stereocenters. The molecule has 0 spiro atoms. The maximum atomic E-state index is 13.7. The van der Waals surface area contributed by atoms with Crippen LogP contribution in [-0.4, -0.2) is 20.6 Å². The van der Waals surface area contributed by atoms with Crippen LogP contribution in [0.5, 0.6) is 0 Å². The summed E-state index contributed by atoms with van der Waals surface area (Å²) in [7, 11) is -3.46. The van der Waals surface area contributed by atoms with Crippen LogP contribution in [0.4, 0.5) is 10.1 Å². The molecule has 1 aromatic heterocycles. The lowest BCUT2D eigenvalue weighted by molar-refractivity contribution is 0.103. The summed E-state index contributed by atoms with van der Waals surface area (Å²) in [5.41, 5.74) is 0.255. The summed E-state index contributed by atoms with van der Waals surface area (Å²) in [6.07, 6.45) is 1.05. The lowest BCUT2D eigenvalue weighted by atomic mass is 10.2. The predicted octanol–water partition coefficient (Wildman–Crippen LogP) is 4.35. The molecule has 1 amide bonds. The highest BCUT2D eigenvalue weighted by atomic mass is 35.5. The van der Waals surface area contributed by atoms with Gasteiger partial charge in [-0.2, -0.15) is 0 Å². The van der Waals surface area contributed by atoms with Crippen molar-refractivity contribution in [3.63, 3.8) is 0 Å². The van der Waals surface area contributed by atoms with E-state index < -0.39 is 21.6 Å². The highest BCUT2D eigenvalue weighted by molar-refractivity contribution is 7.90. The summed E-state index contributed by atoms with van der Waals surface area (Å²) < 4.78 is 37.4. The van der Waals surface area contributed by atoms with Crippen molar-refractivity contribution in [2.75, 3.05) is 11.6 Å². The van der Waals surface area contributed by atoms with Crippen molar-refractivity contribution in [2.45, 2.75) is 4.90 Å². The first-order valence-electron chi connectivity index (χ1n) is 6.74. The summed E-state index contributed by atoms with van der Waals surface area (Å²) in [4.78, 5) is 12.7. The van der Waals surface area contributed by atoms with Gasteiger partial charge in [0.2, 0.25) is 0 Å². The molecule has 1 N–H and O–H groups in total. The zero-order valence-corrected chi connectivity index (χ0v) is 14.7. The quantitative estimate of drug-likeness (QED) is 0.731. The molecule has 4 nitrogen and oxygen atoms in total. The lowest BCUT2D eigenvalue weighted by Crippen LogP contribution is -2.10. The Morgan fingerprint density at radius 3 is 2.62 bits per heavy atom. The van der Waals surface area contributed by atoms with Gasteiger partial charge in [0.1, 0.15) is 5.82 Å². The second-order valence-corrected chi connectivity index (χ2v) is 8.68. The molecule has 1 heterocycles. The second-order valence-electron chi connectivity index (χ2n) is 5.17. The Hall–Kier alpha value is -1.96. The number of amides is 1. The Morgan fingerprint density at radius 1 is 1.21 bits per heavy atom. The predicted molar refractivity (Wildman–Crippen MR) is 94.3 cm³/mol. The van der Waals surface area contributed by atoms with Gasteiger partial charge in [0.15, 0.2) is 9.84 Å². The van der Waals surface area contributed by atoms with Gasteiger partial charge < -0.3 is 5.32 Å². The number of hydrogen-bond donors (Lipinski definition) is 1. The Balaban J connectivity index is 1.94. The van der Waals surface area contributed by atoms with E-state index in [0.29, 0.717) is 15.0 Å². The number of carbonyl (C=O) groups excluding carboxylic acids is 1. The molecule has 0 aliphatic carbocycles. The van der Waals surface area contributed by atoms with E-state index in [0.717, 1.165) is 17.6 Å². The number of sulfone groups is 1. The SMILES string of the molecule is CS(=O)(=O)c1cc(Cl)cc(NC(=O)c2cc3cccc(F)c3s2)c1. The van der Waals surface area contributed by atoms with Gasteiger partial charge in [-0.15, -0.1) is 11.3 Å². The molecule has 0 fully saturated rings. The van der Waals surface area contributed by atoms with E-state index in [2.05, 4.69) is 5.32 Å². The molecule has 24 heavy (non-hydrogen) atoms. The van der Waals surface area contributed by atoms with E-state index in [1.165, 1.54) is 24.3 Å². The molecular weight excluding hydrogens is 373 g/mol. The number of nitrogens with one attached hydrogen (secondary N) is 1. The Bertz CT molecular complexity index is 1060. The molecule has 0 saturated heterocycles. The van der Waals surface area contributed by atoms with Crippen molar-refractivity contribution < 1.29 is 17.6 Å². The maximum absolute atomic E-state index is 13.7. The number of halogens is 2. The van der Waals surface area contributed by atoms with Crippen LogP contribution in [0.25, 0.3) is 10.1 Å². The minimum Gasteiger partial charge on any atom is -0.321 e. The van der Waals surface area contributed by atoms with Crippen LogP contribution in [0.3, 0.4) is 0 Å². The highest BCUT2D eigenvalue weighted by Gasteiger charge is 2.15. The van der Waals surface area contributed by atoms with Gasteiger partial charge in [0.25, 0.3) is 5.91 Å². The standard InChI is InChI=1S/C16H11ClFNO3S2/c1-24(21,22)12-7-10(17)6-11(8-12)19-16(20)14-5-9-3-2-4-13(18)15(9)23-14/h2-8H,1H3,(H,19,20). The number of rotatable bonds is 3. The van der Waals surface area contributed by atoms with Crippen molar-refractivity contribution in [3.05, 3.63) is 58.2 Å². The molecule has 0 aliphatic heterocycles. The van der Waals surface area contributed by atoms with Gasteiger partial charge in [-0.1, -0.05) is 23.7 Å². The van der Waals surface area contributed by atoms with Crippen LogP contribution in [0.1, 0.15) is 9.67 Å². The van der Waals surface area contributed by atoms with Crippen molar-refractivity contribution in [3.8, 4) is 0 Å². The number of carbonyl (C=O) groups is 1. The molecule has 0 radical (unpaired) electrons. The van der Waals surface area contributed by atoms with Gasteiger partial charge in [-0.25, -0.2) is 12.8 Å². The lowest BCUT2D eigenvalue weighted by Gasteiger charge is -2.07. The molecule has 2 aromatic carbocycles. The third kappa shape index (κ3) is 3.43. The average Bonchev–Trinajstić information content (AvgIpc) is 2.91. The van der Waals surface area contributed by atoms with Crippen molar-refractivity contribution >= 4 is 54.5 Å². The average molecular weight is 384 g/mol. The van der Waals surface area contributed by atoms with Crippen LogP contribution >= 0.6 is 22.9 Å². The first-order valence-corrected chi connectivity index (χ1v) is 9.83. The zero-order valence-electron chi connectivity index (χ0n) is 12.3. The van der Waals surface area contributed by atoms with Crippen molar-refractivity contribution in [1.82, 2.24) is 0 Å². The minimum absolute atomic E-state index is 0.00712. The summed E-state index contributed by atoms with van der Waals surface area (Å²) in [6, 6.07) is 10.3. The number of hydrogen-bond acceptors (Lipinski definition) is 4. The second kappa shape index (κ2) is 6.16. The topological polar surface area (TPSA) is 63.2 Å². The first-order chi connectivity index (χ1) is 11.2. The molecule has 0 saturated carbocycles. The minimum atomic E-state index is -3.46. The van der Waals surface area contributed by atoms with Gasteiger partial charge in [0, 0.05) is 17.0 Å². The highest BCUT2D eigenvalue weighted by Crippen LogP contribution is 2.29. The summed E-state index contributed by atoms with van der Waals surface area (Å²) in [5, 5.41) is 3.41. The van der Waals surface area contributed by atoms with E-state index in [1.807, 2.05) is 0 Å². The van der Waals surface area contributed by atoms with Crippen molar-refractivity contribution in [2.24, 2.45) is 0 Å². The third-order valence-electron chi connectivity index (χ3n) is 3.28. The number of fused-ring (bicyclic) bond motifs is 1. The molecule has 3 aromatic rings. The van der Waals surface area contributed by atoms with Crippen LogP contribution < -0.4 is 5.32 Å². The summed E-state index contributed by atoms with van der Waals surface area (Å²) >= 11 is 6.93. The van der Waals surface area contributed by atoms with Crippen LogP contribution in [0.2, 0.25) is 5.02 Å². The van der Waals surface area contributed by atoms with Gasteiger partial charge in [-0.05, 0) is 35.7 Å². The van der Waals surface area contributed by atoms with Gasteiger partial charge >= 0.3 is 0 Å². The van der Waals surface area contributed by atoms with E-state index in [9.17, 15) is 17.6 Å². The smallest absolute Gasteiger partial charge is 0.265 e. The third-order valence-corrected chi connectivity index (χ3v) is 5.75. The molecule has 0 bridgehead atoms. The zero-order chi connectivity index (χ0) is 17.5. The molecule has 0 aliphatic rings. The van der Waals surface area contributed by atoms with Crippen LogP contribution in [0.15, 0.2) is 47.4 Å². The maximum Gasteiger partial charge on any atom is 0.265 e. The number of benzene rings is 2. The molecule has 3 rings (SSSR count). The molecular formula is C16H11ClFNO3S2. The first kappa shape index (κ1) is 16.9. The fourth-order valence-corrected chi connectivity index (χ4v) is 4.12. The fraction of sp³-hybridized carbons (Fsp3) is 0.0625.